The van der Waals surface area contributed by atoms with Crippen molar-refractivity contribution >= 4 is 10.9 Å². The minimum Gasteiger partial charge on any atom is -0.456 e. The fourth-order valence-corrected chi connectivity index (χ4v) is 1.63. The molecule has 0 aliphatic rings. The molecule has 78 valence electrons. The summed E-state index contributed by atoms with van der Waals surface area (Å²) in [4.78, 5) is 7.15. The number of aromatic nitrogens is 2. The third-order valence-corrected chi connectivity index (χ3v) is 2.40. The molecule has 0 spiro atoms. The highest BCUT2D eigenvalue weighted by molar-refractivity contribution is 5.80. The first-order valence-corrected chi connectivity index (χ1v) is 5.07. The van der Waals surface area contributed by atoms with Crippen LogP contribution in [0.5, 0.6) is 11.5 Å². The maximum Gasteiger partial charge on any atom is 0.145 e. The Morgan fingerprint density at radius 3 is 2.94 bits per heavy atom. The average molecular weight is 210 g/mol. The third kappa shape index (κ3) is 1.63. The van der Waals surface area contributed by atoms with Crippen LogP contribution < -0.4 is 4.74 Å². The second kappa shape index (κ2) is 3.70. The van der Waals surface area contributed by atoms with E-state index in [9.17, 15) is 0 Å². The molecule has 0 fully saturated rings. The number of hydrogen-bond donors (Lipinski definition) is 1. The molecule has 0 amide bonds. The Kier molecular flexibility index (Phi) is 2.07. The lowest BCUT2D eigenvalue weighted by molar-refractivity contribution is 0.481. The number of H-pyrrole nitrogens is 1. The minimum absolute atomic E-state index is 0.744. The molecule has 0 atom stereocenters. The Labute approximate surface area is 92.7 Å². The molecule has 1 aromatic carbocycles. The van der Waals surface area contributed by atoms with Gasteiger partial charge in [-0.3, -0.25) is 4.98 Å². The third-order valence-electron chi connectivity index (χ3n) is 2.40. The lowest BCUT2D eigenvalue weighted by Crippen LogP contribution is -1.84. The van der Waals surface area contributed by atoms with Gasteiger partial charge < -0.3 is 9.72 Å². The molecule has 3 heteroatoms. The van der Waals surface area contributed by atoms with Gasteiger partial charge in [-0.1, -0.05) is 0 Å². The molecule has 3 aromatic rings. The molecule has 0 radical (unpaired) electrons. The van der Waals surface area contributed by atoms with Crippen LogP contribution in [0, 0.1) is 0 Å². The summed E-state index contributed by atoms with van der Waals surface area (Å²) in [6, 6.07) is 11.7. The molecule has 2 heterocycles. The van der Waals surface area contributed by atoms with Crippen LogP contribution in [0.2, 0.25) is 0 Å². The summed E-state index contributed by atoms with van der Waals surface area (Å²) in [5, 5.41) is 1.18. The normalized spacial score (nSPS) is 10.5. The SMILES string of the molecule is c1cncc(Oc2ccc3cc[nH]c3c2)c1. The van der Waals surface area contributed by atoms with E-state index in [2.05, 4.69) is 9.97 Å². The zero-order chi connectivity index (χ0) is 10.8. The molecule has 2 aromatic heterocycles. The molecule has 1 N–H and O–H groups in total. The lowest BCUT2D eigenvalue weighted by Gasteiger charge is -2.04. The fraction of sp³-hybridized carbons (Fsp3) is 0. The Morgan fingerprint density at radius 1 is 1.06 bits per heavy atom. The van der Waals surface area contributed by atoms with Gasteiger partial charge in [-0.2, -0.15) is 0 Å². The van der Waals surface area contributed by atoms with E-state index in [-0.39, 0.29) is 0 Å². The second-order valence-electron chi connectivity index (χ2n) is 3.52. The number of rotatable bonds is 2. The van der Waals surface area contributed by atoms with Gasteiger partial charge in [0, 0.05) is 24.0 Å². The molecule has 0 bridgehead atoms. The fourth-order valence-electron chi connectivity index (χ4n) is 1.63. The molecule has 0 saturated heterocycles. The van der Waals surface area contributed by atoms with Gasteiger partial charge in [0.25, 0.3) is 0 Å². The van der Waals surface area contributed by atoms with Gasteiger partial charge in [-0.05, 0) is 35.7 Å². The Bertz CT molecular complexity index is 601. The van der Waals surface area contributed by atoms with Crippen LogP contribution in [0.25, 0.3) is 10.9 Å². The molecule has 0 aliphatic heterocycles. The van der Waals surface area contributed by atoms with Crippen LogP contribution in [-0.4, -0.2) is 9.97 Å². The Morgan fingerprint density at radius 2 is 2.06 bits per heavy atom. The summed E-state index contributed by atoms with van der Waals surface area (Å²) < 4.78 is 5.67. The van der Waals surface area contributed by atoms with Crippen molar-refractivity contribution in [1.29, 1.82) is 0 Å². The highest BCUT2D eigenvalue weighted by Gasteiger charge is 1.99. The van der Waals surface area contributed by atoms with Crippen LogP contribution in [-0.2, 0) is 0 Å². The van der Waals surface area contributed by atoms with Gasteiger partial charge in [0.2, 0.25) is 0 Å². The highest BCUT2D eigenvalue weighted by Crippen LogP contribution is 2.24. The summed E-state index contributed by atoms with van der Waals surface area (Å²) in [7, 11) is 0. The first kappa shape index (κ1) is 8.97. The zero-order valence-electron chi connectivity index (χ0n) is 8.55. The van der Waals surface area contributed by atoms with Crippen LogP contribution in [0.15, 0.2) is 55.0 Å². The molecule has 0 aliphatic carbocycles. The van der Waals surface area contributed by atoms with Crippen LogP contribution in [0.1, 0.15) is 0 Å². The van der Waals surface area contributed by atoms with Crippen molar-refractivity contribution in [3.05, 3.63) is 55.0 Å². The number of pyridine rings is 1. The van der Waals surface area contributed by atoms with Gasteiger partial charge in [0.05, 0.1) is 6.20 Å². The van der Waals surface area contributed by atoms with Crippen LogP contribution >= 0.6 is 0 Å². The van der Waals surface area contributed by atoms with E-state index in [1.807, 2.05) is 42.6 Å². The average Bonchev–Trinajstić information content (AvgIpc) is 2.77. The van der Waals surface area contributed by atoms with Crippen molar-refractivity contribution < 1.29 is 4.74 Å². The monoisotopic (exact) mass is 210 g/mol. The highest BCUT2D eigenvalue weighted by atomic mass is 16.5. The quantitative estimate of drug-likeness (QED) is 0.704. The van der Waals surface area contributed by atoms with Crippen molar-refractivity contribution in [2.75, 3.05) is 0 Å². The molecule has 3 nitrogen and oxygen atoms in total. The second-order valence-corrected chi connectivity index (χ2v) is 3.52. The number of ether oxygens (including phenoxy) is 1. The summed E-state index contributed by atoms with van der Waals surface area (Å²) in [5.74, 6) is 1.55. The smallest absolute Gasteiger partial charge is 0.145 e. The van der Waals surface area contributed by atoms with Gasteiger partial charge >= 0.3 is 0 Å². The Hall–Kier alpha value is -2.29. The molecule has 16 heavy (non-hydrogen) atoms. The van der Waals surface area contributed by atoms with E-state index in [1.165, 1.54) is 5.39 Å². The summed E-state index contributed by atoms with van der Waals surface area (Å²) in [6.45, 7) is 0. The summed E-state index contributed by atoms with van der Waals surface area (Å²) in [6.07, 6.45) is 5.33. The van der Waals surface area contributed by atoms with E-state index in [1.54, 1.807) is 12.4 Å². The van der Waals surface area contributed by atoms with E-state index in [0.717, 1.165) is 17.0 Å². The lowest BCUT2D eigenvalue weighted by atomic mass is 10.2. The van der Waals surface area contributed by atoms with Crippen LogP contribution in [0.4, 0.5) is 0 Å². The zero-order valence-corrected chi connectivity index (χ0v) is 8.55. The largest absolute Gasteiger partial charge is 0.456 e. The summed E-state index contributed by atoms with van der Waals surface area (Å²) >= 11 is 0. The van der Waals surface area contributed by atoms with E-state index in [0.29, 0.717) is 0 Å². The predicted molar refractivity (Wildman–Crippen MR) is 62.6 cm³/mol. The van der Waals surface area contributed by atoms with Crippen molar-refractivity contribution in [2.24, 2.45) is 0 Å². The Balaban J connectivity index is 1.94. The minimum atomic E-state index is 0.744. The van der Waals surface area contributed by atoms with Crippen molar-refractivity contribution in [3.63, 3.8) is 0 Å². The van der Waals surface area contributed by atoms with Crippen LogP contribution in [0.3, 0.4) is 0 Å². The molecular formula is C13H10N2O. The molecular weight excluding hydrogens is 200 g/mol. The maximum atomic E-state index is 5.67. The van der Waals surface area contributed by atoms with Crippen molar-refractivity contribution in [3.8, 4) is 11.5 Å². The first-order chi connectivity index (χ1) is 7.92. The number of nitrogens with one attached hydrogen (secondary N) is 1. The standard InChI is InChI=1S/C13H10N2O/c1-2-12(9-14-6-1)16-11-4-3-10-5-7-15-13(10)8-11/h1-9,15H. The number of benzene rings is 1. The number of aromatic amines is 1. The van der Waals surface area contributed by atoms with Gasteiger partial charge in [-0.15, -0.1) is 0 Å². The van der Waals surface area contributed by atoms with E-state index < -0.39 is 0 Å². The number of hydrogen-bond acceptors (Lipinski definition) is 2. The van der Waals surface area contributed by atoms with Crippen molar-refractivity contribution in [2.45, 2.75) is 0 Å². The van der Waals surface area contributed by atoms with Crippen molar-refractivity contribution in [1.82, 2.24) is 9.97 Å². The first-order valence-electron chi connectivity index (χ1n) is 5.07. The predicted octanol–water partition coefficient (Wildman–Crippen LogP) is 3.36. The molecule has 3 rings (SSSR count). The van der Waals surface area contributed by atoms with Gasteiger partial charge in [0.15, 0.2) is 0 Å². The molecule has 0 unspecified atom stereocenters. The topological polar surface area (TPSA) is 37.9 Å². The molecule has 0 saturated carbocycles. The van der Waals surface area contributed by atoms with Gasteiger partial charge in [-0.25, -0.2) is 0 Å². The number of nitrogens with zero attached hydrogens (tertiary/aromatic N) is 1. The van der Waals surface area contributed by atoms with E-state index >= 15 is 0 Å². The van der Waals surface area contributed by atoms with Gasteiger partial charge in [0.1, 0.15) is 11.5 Å². The number of fused-ring (bicyclic) bond motifs is 1. The van der Waals surface area contributed by atoms with E-state index in [4.69, 9.17) is 4.74 Å². The summed E-state index contributed by atoms with van der Waals surface area (Å²) in [5.41, 5.74) is 1.07. The maximum absolute atomic E-state index is 5.67.